The topological polar surface area (TPSA) is 58.9 Å². The molecule has 0 aliphatic rings. The van der Waals surface area contributed by atoms with Crippen LogP contribution in [0.5, 0.6) is 0 Å². The van der Waals surface area contributed by atoms with E-state index in [-0.39, 0.29) is 10.7 Å². The highest BCUT2D eigenvalue weighted by molar-refractivity contribution is 6.33. The van der Waals surface area contributed by atoms with Gasteiger partial charge in [-0.15, -0.1) is 0 Å². The van der Waals surface area contributed by atoms with Gasteiger partial charge >= 0.3 is 0 Å². The van der Waals surface area contributed by atoms with Crippen LogP contribution in [-0.2, 0) is 0 Å². The molecule has 13 heavy (non-hydrogen) atoms. The summed E-state index contributed by atoms with van der Waals surface area (Å²) in [7, 11) is 0. The second kappa shape index (κ2) is 2.74. The number of fused-ring (bicyclic) bond motifs is 1. The third-order valence-corrected chi connectivity index (χ3v) is 2.12. The summed E-state index contributed by atoms with van der Waals surface area (Å²) >= 11 is 5.69. The highest BCUT2D eigenvalue weighted by Crippen LogP contribution is 2.28. The zero-order valence-corrected chi connectivity index (χ0v) is 7.21. The largest absolute Gasteiger partial charge is 0.361 e. The summed E-state index contributed by atoms with van der Waals surface area (Å²) in [5.41, 5.74) is 0.740. The molecule has 0 saturated carbocycles. The number of hydrogen-bond donors (Lipinski definition) is 1. The van der Waals surface area contributed by atoms with E-state index in [1.807, 2.05) is 0 Å². The van der Waals surface area contributed by atoms with E-state index in [0.717, 1.165) is 10.9 Å². The molecule has 0 aliphatic heterocycles. The fourth-order valence-corrected chi connectivity index (χ4v) is 1.43. The van der Waals surface area contributed by atoms with Gasteiger partial charge in [-0.25, -0.2) is 0 Å². The van der Waals surface area contributed by atoms with Crippen LogP contribution < -0.4 is 0 Å². The first-order valence-corrected chi connectivity index (χ1v) is 3.97. The molecule has 1 N–H and O–H groups in total. The first-order chi connectivity index (χ1) is 6.18. The molecule has 0 unspecified atom stereocenters. The standard InChI is InChI=1S/C8H5ClN2O2/c9-6-4-7-5(1-2-10-7)3-8(6)11(12)13/h1-4,10H. The van der Waals surface area contributed by atoms with E-state index in [0.29, 0.717) is 0 Å². The molecule has 0 saturated heterocycles. The Balaban J connectivity index is 2.76. The lowest BCUT2D eigenvalue weighted by molar-refractivity contribution is -0.384. The fraction of sp³-hybridized carbons (Fsp3) is 0. The SMILES string of the molecule is O=[N+]([O-])c1cc2cc[nH]c2cc1Cl. The smallest absolute Gasteiger partial charge is 0.288 e. The Morgan fingerprint density at radius 3 is 2.92 bits per heavy atom. The highest BCUT2D eigenvalue weighted by atomic mass is 35.5. The van der Waals surface area contributed by atoms with Crippen LogP contribution in [0.3, 0.4) is 0 Å². The number of halogens is 1. The molecule has 0 atom stereocenters. The van der Waals surface area contributed by atoms with Gasteiger partial charge < -0.3 is 4.98 Å². The lowest BCUT2D eigenvalue weighted by Gasteiger charge is -1.94. The molecule has 4 nitrogen and oxygen atoms in total. The number of nitrogens with one attached hydrogen (secondary N) is 1. The van der Waals surface area contributed by atoms with E-state index in [9.17, 15) is 10.1 Å². The summed E-state index contributed by atoms with van der Waals surface area (Å²) in [6, 6.07) is 4.77. The number of nitro benzene ring substituents is 1. The summed E-state index contributed by atoms with van der Waals surface area (Å²) in [5, 5.41) is 11.4. The molecule has 0 fully saturated rings. The Morgan fingerprint density at radius 1 is 1.46 bits per heavy atom. The Kier molecular flexibility index (Phi) is 1.70. The summed E-state index contributed by atoms with van der Waals surface area (Å²) in [5.74, 6) is 0. The number of hydrogen-bond acceptors (Lipinski definition) is 2. The van der Waals surface area contributed by atoms with Crippen LogP contribution in [0.25, 0.3) is 10.9 Å². The molecule has 0 bridgehead atoms. The zero-order valence-electron chi connectivity index (χ0n) is 6.45. The minimum absolute atomic E-state index is 0.0613. The van der Waals surface area contributed by atoms with Gasteiger partial charge in [0.15, 0.2) is 0 Å². The number of aromatic nitrogens is 1. The van der Waals surface area contributed by atoms with Crippen molar-refractivity contribution < 1.29 is 4.92 Å². The molecule has 2 aromatic rings. The van der Waals surface area contributed by atoms with E-state index >= 15 is 0 Å². The van der Waals surface area contributed by atoms with Crippen molar-refractivity contribution in [2.24, 2.45) is 0 Å². The highest BCUT2D eigenvalue weighted by Gasteiger charge is 2.13. The maximum absolute atomic E-state index is 10.5. The number of nitro groups is 1. The minimum Gasteiger partial charge on any atom is -0.361 e. The van der Waals surface area contributed by atoms with Gasteiger partial charge in [0, 0.05) is 23.2 Å². The second-order valence-corrected chi connectivity index (χ2v) is 3.03. The zero-order chi connectivity index (χ0) is 9.42. The predicted molar refractivity (Wildman–Crippen MR) is 50.0 cm³/mol. The number of aromatic amines is 1. The van der Waals surface area contributed by atoms with Crippen LogP contribution in [-0.4, -0.2) is 9.91 Å². The summed E-state index contributed by atoms with van der Waals surface area (Å²) in [6.45, 7) is 0. The number of rotatable bonds is 1. The van der Waals surface area contributed by atoms with E-state index in [2.05, 4.69) is 4.98 Å². The second-order valence-electron chi connectivity index (χ2n) is 2.63. The minimum atomic E-state index is -0.491. The van der Waals surface area contributed by atoms with Gasteiger partial charge in [-0.1, -0.05) is 11.6 Å². The molecule has 66 valence electrons. The van der Waals surface area contributed by atoms with Gasteiger partial charge in [-0.05, 0) is 12.1 Å². The van der Waals surface area contributed by atoms with E-state index < -0.39 is 4.92 Å². The van der Waals surface area contributed by atoms with Crippen LogP contribution in [0.1, 0.15) is 0 Å². The van der Waals surface area contributed by atoms with Gasteiger partial charge in [0.25, 0.3) is 5.69 Å². The monoisotopic (exact) mass is 196 g/mol. The maximum Gasteiger partial charge on any atom is 0.288 e. The lowest BCUT2D eigenvalue weighted by atomic mass is 10.2. The molecule has 1 aromatic heterocycles. The first-order valence-electron chi connectivity index (χ1n) is 3.59. The van der Waals surface area contributed by atoms with Crippen LogP contribution in [0, 0.1) is 10.1 Å². The van der Waals surface area contributed by atoms with Crippen molar-refractivity contribution in [3.05, 3.63) is 39.5 Å². The molecule has 0 spiro atoms. The molecule has 0 aliphatic carbocycles. The molecule has 1 heterocycles. The molecule has 1 aromatic carbocycles. The van der Waals surface area contributed by atoms with Gasteiger partial charge in [0.2, 0.25) is 0 Å². The Hall–Kier alpha value is -1.55. The number of nitrogens with zero attached hydrogens (tertiary/aromatic N) is 1. The van der Waals surface area contributed by atoms with E-state index in [1.54, 1.807) is 18.3 Å². The average molecular weight is 197 g/mol. The molecule has 5 heteroatoms. The molecular formula is C8H5ClN2O2. The Labute approximate surface area is 78.3 Å². The number of H-pyrrole nitrogens is 1. The van der Waals surface area contributed by atoms with Crippen molar-refractivity contribution in [1.29, 1.82) is 0 Å². The average Bonchev–Trinajstić information content (AvgIpc) is 2.48. The van der Waals surface area contributed by atoms with Crippen LogP contribution >= 0.6 is 11.6 Å². The molecular weight excluding hydrogens is 192 g/mol. The van der Waals surface area contributed by atoms with Gasteiger partial charge in [0.05, 0.1) is 4.92 Å². The Bertz CT molecular complexity index is 478. The van der Waals surface area contributed by atoms with Gasteiger partial charge in [-0.2, -0.15) is 0 Å². The lowest BCUT2D eigenvalue weighted by Crippen LogP contribution is -1.88. The van der Waals surface area contributed by atoms with Crippen molar-refractivity contribution in [1.82, 2.24) is 4.98 Å². The van der Waals surface area contributed by atoms with Crippen molar-refractivity contribution in [2.45, 2.75) is 0 Å². The molecule has 0 amide bonds. The summed E-state index contributed by atoms with van der Waals surface area (Å²) in [6.07, 6.45) is 1.71. The van der Waals surface area contributed by atoms with Gasteiger partial charge in [-0.3, -0.25) is 10.1 Å². The first kappa shape index (κ1) is 8.07. The molecule has 2 rings (SSSR count). The van der Waals surface area contributed by atoms with E-state index in [4.69, 9.17) is 11.6 Å². The summed E-state index contributed by atoms with van der Waals surface area (Å²) < 4.78 is 0. The van der Waals surface area contributed by atoms with Crippen molar-refractivity contribution in [3.63, 3.8) is 0 Å². The van der Waals surface area contributed by atoms with Crippen molar-refractivity contribution >= 4 is 28.2 Å². The van der Waals surface area contributed by atoms with E-state index in [1.165, 1.54) is 6.07 Å². The van der Waals surface area contributed by atoms with Crippen LogP contribution in [0.2, 0.25) is 5.02 Å². The Morgan fingerprint density at radius 2 is 2.23 bits per heavy atom. The van der Waals surface area contributed by atoms with Crippen LogP contribution in [0.4, 0.5) is 5.69 Å². The fourth-order valence-electron chi connectivity index (χ4n) is 1.20. The predicted octanol–water partition coefficient (Wildman–Crippen LogP) is 2.73. The number of benzene rings is 1. The van der Waals surface area contributed by atoms with Crippen molar-refractivity contribution in [2.75, 3.05) is 0 Å². The summed E-state index contributed by atoms with van der Waals surface area (Å²) in [4.78, 5) is 12.9. The normalized spacial score (nSPS) is 10.5. The van der Waals surface area contributed by atoms with Gasteiger partial charge in [0.1, 0.15) is 5.02 Å². The molecule has 0 radical (unpaired) electrons. The quantitative estimate of drug-likeness (QED) is 0.563. The third kappa shape index (κ3) is 1.25. The maximum atomic E-state index is 10.5. The third-order valence-electron chi connectivity index (χ3n) is 1.82. The van der Waals surface area contributed by atoms with Crippen molar-refractivity contribution in [3.8, 4) is 0 Å². The van der Waals surface area contributed by atoms with Crippen LogP contribution in [0.15, 0.2) is 24.4 Å².